The van der Waals surface area contributed by atoms with Crippen LogP contribution >= 0.6 is 24.0 Å². The number of nitrogens with one attached hydrogen (secondary N) is 2. The molecule has 2 N–H and O–H groups in total. The minimum Gasteiger partial charge on any atom is -0.357 e. The summed E-state index contributed by atoms with van der Waals surface area (Å²) in [6.45, 7) is 9.73. The first-order chi connectivity index (χ1) is 12.1. The highest BCUT2D eigenvalue weighted by Crippen LogP contribution is 2.27. The van der Waals surface area contributed by atoms with E-state index in [9.17, 15) is 4.79 Å². The van der Waals surface area contributed by atoms with Crippen molar-refractivity contribution in [1.29, 1.82) is 0 Å². The van der Waals surface area contributed by atoms with Crippen LogP contribution in [0.3, 0.4) is 0 Å². The first-order valence-electron chi connectivity index (χ1n) is 9.52. The third-order valence-electron chi connectivity index (χ3n) is 4.37. The Kier molecular flexibility index (Phi) is 10.6. The Hall–Kier alpha value is -1.31. The van der Waals surface area contributed by atoms with Crippen molar-refractivity contribution >= 4 is 41.5 Å². The van der Waals surface area contributed by atoms with Gasteiger partial charge in [0.05, 0.1) is 0 Å². The van der Waals surface area contributed by atoms with Gasteiger partial charge in [-0.05, 0) is 43.7 Å². The first-order valence-corrected chi connectivity index (χ1v) is 9.52. The minimum atomic E-state index is 0. The molecule has 0 aromatic heterocycles. The van der Waals surface area contributed by atoms with Gasteiger partial charge in [0, 0.05) is 38.3 Å². The van der Waals surface area contributed by atoms with Crippen LogP contribution < -0.4 is 15.5 Å². The van der Waals surface area contributed by atoms with Gasteiger partial charge in [-0.3, -0.25) is 9.79 Å². The maximum absolute atomic E-state index is 12.5. The van der Waals surface area contributed by atoms with E-state index in [-0.39, 0.29) is 29.9 Å². The third kappa shape index (κ3) is 7.13. The van der Waals surface area contributed by atoms with E-state index >= 15 is 0 Å². The summed E-state index contributed by atoms with van der Waals surface area (Å²) in [5.74, 6) is 1.73. The van der Waals surface area contributed by atoms with Gasteiger partial charge in [0.15, 0.2) is 5.96 Å². The molecular formula is C20H33IN4O. The molecule has 1 aromatic rings. The standard InChI is InChI=1S/C20H32N4O.HI/c1-4-21-20(23-14-11-16(2)3)22-13-7-10-19(25)24-15-12-17-8-5-6-9-18(17)24;/h5-6,8-9,16H,4,7,10-15H2,1-3H3,(H2,21,22,23);1H. The maximum atomic E-state index is 12.5. The van der Waals surface area contributed by atoms with Gasteiger partial charge in [-0.25, -0.2) is 0 Å². The van der Waals surface area contributed by atoms with E-state index in [1.807, 2.05) is 23.1 Å². The van der Waals surface area contributed by atoms with Gasteiger partial charge < -0.3 is 15.5 Å². The number of anilines is 1. The van der Waals surface area contributed by atoms with Crippen molar-refractivity contribution in [2.75, 3.05) is 31.1 Å². The highest BCUT2D eigenvalue weighted by Gasteiger charge is 2.23. The van der Waals surface area contributed by atoms with Crippen LogP contribution in [0.25, 0.3) is 0 Å². The number of aliphatic imine (C=N–C) groups is 1. The Morgan fingerprint density at radius 2 is 2.04 bits per heavy atom. The lowest BCUT2D eigenvalue weighted by atomic mass is 10.1. The molecule has 1 amide bonds. The van der Waals surface area contributed by atoms with Gasteiger partial charge in [-0.1, -0.05) is 32.0 Å². The predicted molar refractivity (Wildman–Crippen MR) is 121 cm³/mol. The number of hydrogen-bond acceptors (Lipinski definition) is 2. The molecule has 5 nitrogen and oxygen atoms in total. The number of rotatable bonds is 8. The van der Waals surface area contributed by atoms with E-state index in [0.29, 0.717) is 18.9 Å². The molecule has 0 bridgehead atoms. The van der Waals surface area contributed by atoms with Gasteiger partial charge in [0.2, 0.25) is 5.91 Å². The van der Waals surface area contributed by atoms with Crippen LogP contribution in [0.5, 0.6) is 0 Å². The summed E-state index contributed by atoms with van der Waals surface area (Å²) in [4.78, 5) is 19.0. The summed E-state index contributed by atoms with van der Waals surface area (Å²) < 4.78 is 0. The molecule has 1 aliphatic rings. The van der Waals surface area contributed by atoms with Crippen LogP contribution in [0, 0.1) is 5.92 Å². The SMILES string of the molecule is CCNC(=NCCCC(=O)N1CCc2ccccc21)NCCC(C)C.I. The second-order valence-electron chi connectivity index (χ2n) is 6.90. The quantitative estimate of drug-likeness (QED) is 0.263. The van der Waals surface area contributed by atoms with E-state index in [1.165, 1.54) is 5.56 Å². The summed E-state index contributed by atoms with van der Waals surface area (Å²) in [5, 5.41) is 6.61. The maximum Gasteiger partial charge on any atom is 0.227 e. The molecule has 0 aliphatic carbocycles. The van der Waals surface area contributed by atoms with Crippen molar-refractivity contribution in [3.8, 4) is 0 Å². The number of carbonyl (C=O) groups is 1. The Bertz CT molecular complexity index is 589. The fourth-order valence-corrected chi connectivity index (χ4v) is 2.97. The Labute approximate surface area is 175 Å². The number of guanidine groups is 1. The second-order valence-corrected chi connectivity index (χ2v) is 6.90. The van der Waals surface area contributed by atoms with Gasteiger partial charge in [0.1, 0.15) is 0 Å². The summed E-state index contributed by atoms with van der Waals surface area (Å²) in [5.41, 5.74) is 2.36. The zero-order valence-corrected chi connectivity index (χ0v) is 18.6. The van der Waals surface area contributed by atoms with Crippen LogP contribution in [-0.4, -0.2) is 38.0 Å². The van der Waals surface area contributed by atoms with Crippen molar-refractivity contribution in [2.45, 2.75) is 46.5 Å². The summed E-state index contributed by atoms with van der Waals surface area (Å²) in [6, 6.07) is 8.19. The van der Waals surface area contributed by atoms with Crippen molar-refractivity contribution in [1.82, 2.24) is 10.6 Å². The van der Waals surface area contributed by atoms with E-state index in [4.69, 9.17) is 0 Å². The fraction of sp³-hybridized carbons (Fsp3) is 0.600. The first kappa shape index (κ1) is 22.7. The molecule has 0 radical (unpaired) electrons. The smallest absolute Gasteiger partial charge is 0.227 e. The number of halogens is 1. The van der Waals surface area contributed by atoms with Crippen molar-refractivity contribution in [2.24, 2.45) is 10.9 Å². The molecule has 0 saturated heterocycles. The molecular weight excluding hydrogens is 439 g/mol. The minimum absolute atomic E-state index is 0. The van der Waals surface area contributed by atoms with Crippen molar-refractivity contribution in [3.05, 3.63) is 29.8 Å². The monoisotopic (exact) mass is 472 g/mol. The third-order valence-corrected chi connectivity index (χ3v) is 4.37. The van der Waals surface area contributed by atoms with Gasteiger partial charge >= 0.3 is 0 Å². The lowest BCUT2D eigenvalue weighted by Crippen LogP contribution is -2.38. The number of benzene rings is 1. The molecule has 0 saturated carbocycles. The van der Waals surface area contributed by atoms with E-state index < -0.39 is 0 Å². The summed E-state index contributed by atoms with van der Waals surface area (Å²) >= 11 is 0. The topological polar surface area (TPSA) is 56.7 Å². The average molecular weight is 472 g/mol. The zero-order chi connectivity index (χ0) is 18.1. The molecule has 146 valence electrons. The lowest BCUT2D eigenvalue weighted by Gasteiger charge is -2.17. The molecule has 1 heterocycles. The van der Waals surface area contributed by atoms with E-state index in [2.05, 4.69) is 42.5 Å². The number of fused-ring (bicyclic) bond motifs is 1. The highest BCUT2D eigenvalue weighted by atomic mass is 127. The average Bonchev–Trinajstić information content (AvgIpc) is 3.02. The summed E-state index contributed by atoms with van der Waals surface area (Å²) in [7, 11) is 0. The van der Waals surface area contributed by atoms with Gasteiger partial charge in [-0.2, -0.15) is 0 Å². The molecule has 0 fully saturated rings. The second kappa shape index (κ2) is 12.1. The van der Waals surface area contributed by atoms with Crippen LogP contribution in [0.2, 0.25) is 0 Å². The van der Waals surface area contributed by atoms with Crippen molar-refractivity contribution in [3.63, 3.8) is 0 Å². The molecule has 26 heavy (non-hydrogen) atoms. The van der Waals surface area contributed by atoms with Crippen LogP contribution in [-0.2, 0) is 11.2 Å². The number of amides is 1. The summed E-state index contributed by atoms with van der Waals surface area (Å²) in [6.07, 6.45) is 3.41. The van der Waals surface area contributed by atoms with Gasteiger partial charge in [-0.15, -0.1) is 24.0 Å². The van der Waals surface area contributed by atoms with Crippen molar-refractivity contribution < 1.29 is 4.79 Å². The number of carbonyl (C=O) groups excluding carboxylic acids is 1. The van der Waals surface area contributed by atoms with Gasteiger partial charge in [0.25, 0.3) is 0 Å². The molecule has 2 rings (SSSR count). The number of para-hydroxylation sites is 1. The van der Waals surface area contributed by atoms with Crippen LogP contribution in [0.1, 0.15) is 45.6 Å². The Morgan fingerprint density at radius 3 is 2.77 bits per heavy atom. The lowest BCUT2D eigenvalue weighted by molar-refractivity contribution is -0.118. The molecule has 0 spiro atoms. The number of nitrogens with zero attached hydrogens (tertiary/aromatic N) is 2. The number of hydrogen-bond donors (Lipinski definition) is 2. The molecule has 1 aromatic carbocycles. The van der Waals surface area contributed by atoms with E-state index in [1.54, 1.807) is 0 Å². The fourth-order valence-electron chi connectivity index (χ4n) is 2.97. The molecule has 1 aliphatic heterocycles. The molecule has 0 unspecified atom stereocenters. The normalized spacial score (nSPS) is 13.4. The Balaban J connectivity index is 0.00000338. The van der Waals surface area contributed by atoms with Crippen LogP contribution in [0.15, 0.2) is 29.3 Å². The molecule has 6 heteroatoms. The Morgan fingerprint density at radius 1 is 1.27 bits per heavy atom. The highest BCUT2D eigenvalue weighted by molar-refractivity contribution is 14.0. The predicted octanol–water partition coefficient (Wildman–Crippen LogP) is 3.58. The zero-order valence-electron chi connectivity index (χ0n) is 16.3. The van der Waals surface area contributed by atoms with Crippen LogP contribution in [0.4, 0.5) is 5.69 Å². The largest absolute Gasteiger partial charge is 0.357 e. The molecule has 0 atom stereocenters. The van der Waals surface area contributed by atoms with E-state index in [0.717, 1.165) is 50.5 Å².